The first-order chi connectivity index (χ1) is 14.2. The molecule has 0 aliphatic carbocycles. The second-order valence-electron chi connectivity index (χ2n) is 6.66. The van der Waals surface area contributed by atoms with Gasteiger partial charge in [-0.15, -0.1) is 0 Å². The van der Waals surface area contributed by atoms with E-state index >= 15 is 0 Å². The van der Waals surface area contributed by atoms with E-state index in [0.29, 0.717) is 18.2 Å². The van der Waals surface area contributed by atoms with Gasteiger partial charge in [-0.2, -0.15) is 0 Å². The predicted molar refractivity (Wildman–Crippen MR) is 113 cm³/mol. The summed E-state index contributed by atoms with van der Waals surface area (Å²) in [6.45, 7) is 2.69. The van der Waals surface area contributed by atoms with Crippen LogP contribution in [0.4, 0.5) is 5.69 Å². The largest absolute Gasteiger partial charge is 0.473 e. The summed E-state index contributed by atoms with van der Waals surface area (Å²) in [5.74, 6) is 1.28. The van der Waals surface area contributed by atoms with Gasteiger partial charge in [-0.1, -0.05) is 49.4 Å². The van der Waals surface area contributed by atoms with E-state index in [2.05, 4.69) is 15.3 Å². The number of nitrogens with one attached hydrogen (secondary N) is 1. The number of hydrogen-bond donors (Lipinski definition) is 1. The van der Waals surface area contributed by atoms with Gasteiger partial charge in [-0.3, -0.25) is 4.79 Å². The van der Waals surface area contributed by atoms with Crippen LogP contribution in [0.2, 0.25) is 0 Å². The molecule has 0 bridgehead atoms. The number of imidazole rings is 1. The Morgan fingerprint density at radius 3 is 2.59 bits per heavy atom. The van der Waals surface area contributed by atoms with Gasteiger partial charge in [-0.25, -0.2) is 9.97 Å². The summed E-state index contributed by atoms with van der Waals surface area (Å²) in [5.41, 5.74) is 3.57. The summed E-state index contributed by atoms with van der Waals surface area (Å²) in [6, 6.07) is 21.3. The van der Waals surface area contributed by atoms with Gasteiger partial charge in [0, 0.05) is 12.5 Å². The van der Waals surface area contributed by atoms with Crippen LogP contribution in [0.1, 0.15) is 18.3 Å². The standard InChI is InChI=1S/C23H22N4O2/c1-2-21-26-19-10-6-7-11-20(19)27(21)15-22(28)25-18-12-13-23(24-14-18)29-16-17-8-4-3-5-9-17/h3-14H,2,15-16H2,1H3,(H,25,28). The van der Waals surface area contributed by atoms with Crippen molar-refractivity contribution in [3.63, 3.8) is 0 Å². The molecule has 0 aliphatic rings. The quantitative estimate of drug-likeness (QED) is 0.517. The second kappa shape index (κ2) is 8.56. The number of fused-ring (bicyclic) bond motifs is 1. The van der Waals surface area contributed by atoms with Crippen molar-refractivity contribution in [1.82, 2.24) is 14.5 Å². The first kappa shape index (κ1) is 18.7. The molecule has 2 aromatic carbocycles. The fourth-order valence-electron chi connectivity index (χ4n) is 3.19. The molecule has 6 heteroatoms. The van der Waals surface area contributed by atoms with E-state index < -0.39 is 0 Å². The van der Waals surface area contributed by atoms with E-state index in [4.69, 9.17) is 4.74 Å². The molecule has 1 N–H and O–H groups in total. The van der Waals surface area contributed by atoms with Crippen molar-refractivity contribution in [2.24, 2.45) is 0 Å². The second-order valence-corrected chi connectivity index (χ2v) is 6.66. The topological polar surface area (TPSA) is 69.0 Å². The normalized spacial score (nSPS) is 10.8. The summed E-state index contributed by atoms with van der Waals surface area (Å²) in [4.78, 5) is 21.4. The number of nitrogens with zero attached hydrogens (tertiary/aromatic N) is 3. The van der Waals surface area contributed by atoms with Gasteiger partial charge in [0.25, 0.3) is 0 Å². The summed E-state index contributed by atoms with van der Waals surface area (Å²) in [5, 5.41) is 2.89. The van der Waals surface area contributed by atoms with E-state index in [1.54, 1.807) is 18.3 Å². The maximum absolute atomic E-state index is 12.6. The molecule has 2 aromatic heterocycles. The van der Waals surface area contributed by atoms with Gasteiger partial charge in [0.1, 0.15) is 19.0 Å². The Labute approximate surface area is 169 Å². The summed E-state index contributed by atoms with van der Waals surface area (Å²) >= 11 is 0. The molecule has 4 rings (SSSR count). The number of ether oxygens (including phenoxy) is 1. The maximum atomic E-state index is 12.6. The molecule has 0 saturated heterocycles. The first-order valence-corrected chi connectivity index (χ1v) is 9.59. The van der Waals surface area contributed by atoms with Gasteiger partial charge in [0.05, 0.1) is 22.9 Å². The Morgan fingerprint density at radius 1 is 1.03 bits per heavy atom. The zero-order chi connectivity index (χ0) is 20.1. The van der Waals surface area contributed by atoms with E-state index in [-0.39, 0.29) is 12.5 Å². The number of amides is 1. The molecular weight excluding hydrogens is 364 g/mol. The number of anilines is 1. The average molecular weight is 386 g/mol. The molecule has 2 heterocycles. The molecule has 0 radical (unpaired) electrons. The van der Waals surface area contributed by atoms with E-state index in [1.165, 1.54) is 0 Å². The Balaban J connectivity index is 1.39. The van der Waals surface area contributed by atoms with Crippen LogP contribution in [-0.4, -0.2) is 20.4 Å². The fourth-order valence-corrected chi connectivity index (χ4v) is 3.19. The van der Waals surface area contributed by atoms with Gasteiger partial charge < -0.3 is 14.6 Å². The molecule has 0 aliphatic heterocycles. The summed E-state index contributed by atoms with van der Waals surface area (Å²) < 4.78 is 7.63. The highest BCUT2D eigenvalue weighted by Crippen LogP contribution is 2.17. The Kier molecular flexibility index (Phi) is 5.52. The highest BCUT2D eigenvalue weighted by atomic mass is 16.5. The van der Waals surface area contributed by atoms with Crippen molar-refractivity contribution in [2.45, 2.75) is 26.5 Å². The SMILES string of the molecule is CCc1nc2ccccc2n1CC(=O)Nc1ccc(OCc2ccccc2)nc1. The molecule has 0 spiro atoms. The summed E-state index contributed by atoms with van der Waals surface area (Å²) in [7, 11) is 0. The minimum absolute atomic E-state index is 0.123. The fraction of sp³-hybridized carbons (Fsp3) is 0.174. The lowest BCUT2D eigenvalue weighted by Crippen LogP contribution is -2.20. The number of carbonyl (C=O) groups is 1. The zero-order valence-corrected chi connectivity index (χ0v) is 16.2. The lowest BCUT2D eigenvalue weighted by Gasteiger charge is -2.10. The molecule has 29 heavy (non-hydrogen) atoms. The number of aryl methyl sites for hydroxylation is 1. The van der Waals surface area contributed by atoms with Crippen LogP contribution in [-0.2, 0) is 24.4 Å². The predicted octanol–water partition coefficient (Wildman–Crippen LogP) is 4.21. The van der Waals surface area contributed by atoms with Crippen LogP contribution in [0, 0.1) is 0 Å². The number of carbonyl (C=O) groups excluding carboxylic acids is 1. The number of aromatic nitrogens is 3. The smallest absolute Gasteiger partial charge is 0.244 e. The number of hydrogen-bond acceptors (Lipinski definition) is 4. The minimum Gasteiger partial charge on any atom is -0.473 e. The van der Waals surface area contributed by atoms with Crippen molar-refractivity contribution in [2.75, 3.05) is 5.32 Å². The third-order valence-corrected chi connectivity index (χ3v) is 4.60. The van der Waals surface area contributed by atoms with Crippen molar-refractivity contribution in [1.29, 1.82) is 0 Å². The molecule has 4 aromatic rings. The molecule has 1 amide bonds. The average Bonchev–Trinajstić information content (AvgIpc) is 3.11. The third kappa shape index (κ3) is 4.43. The van der Waals surface area contributed by atoms with E-state index in [0.717, 1.165) is 28.8 Å². The Morgan fingerprint density at radius 2 is 1.83 bits per heavy atom. The third-order valence-electron chi connectivity index (χ3n) is 4.60. The molecular formula is C23H22N4O2. The highest BCUT2D eigenvalue weighted by Gasteiger charge is 2.12. The van der Waals surface area contributed by atoms with Crippen molar-refractivity contribution in [3.8, 4) is 5.88 Å². The lowest BCUT2D eigenvalue weighted by molar-refractivity contribution is -0.116. The number of rotatable bonds is 7. The molecule has 0 unspecified atom stereocenters. The van der Waals surface area contributed by atoms with E-state index in [1.807, 2.05) is 66.1 Å². The zero-order valence-electron chi connectivity index (χ0n) is 16.2. The Bertz CT molecular complexity index is 1100. The lowest BCUT2D eigenvalue weighted by atomic mass is 10.2. The maximum Gasteiger partial charge on any atom is 0.244 e. The van der Waals surface area contributed by atoms with Crippen LogP contribution in [0.3, 0.4) is 0 Å². The van der Waals surface area contributed by atoms with Gasteiger partial charge in [-0.05, 0) is 23.8 Å². The number of benzene rings is 2. The highest BCUT2D eigenvalue weighted by molar-refractivity contribution is 5.91. The van der Waals surface area contributed by atoms with Crippen LogP contribution in [0.15, 0.2) is 72.9 Å². The van der Waals surface area contributed by atoms with Crippen molar-refractivity contribution in [3.05, 3.63) is 84.3 Å². The van der Waals surface area contributed by atoms with Gasteiger partial charge in [0.2, 0.25) is 11.8 Å². The Hall–Kier alpha value is -3.67. The van der Waals surface area contributed by atoms with Crippen molar-refractivity contribution >= 4 is 22.6 Å². The number of para-hydroxylation sites is 2. The molecule has 0 atom stereocenters. The van der Waals surface area contributed by atoms with Crippen LogP contribution in [0.5, 0.6) is 5.88 Å². The monoisotopic (exact) mass is 386 g/mol. The minimum atomic E-state index is -0.123. The van der Waals surface area contributed by atoms with Gasteiger partial charge in [0.15, 0.2) is 0 Å². The molecule has 6 nitrogen and oxygen atoms in total. The first-order valence-electron chi connectivity index (χ1n) is 9.59. The van der Waals surface area contributed by atoms with Crippen LogP contribution >= 0.6 is 0 Å². The van der Waals surface area contributed by atoms with Crippen molar-refractivity contribution < 1.29 is 9.53 Å². The molecule has 146 valence electrons. The molecule has 0 saturated carbocycles. The van der Waals surface area contributed by atoms with Gasteiger partial charge >= 0.3 is 0 Å². The number of pyridine rings is 1. The van der Waals surface area contributed by atoms with E-state index in [9.17, 15) is 4.79 Å². The van der Waals surface area contributed by atoms with Crippen LogP contribution in [0.25, 0.3) is 11.0 Å². The molecule has 0 fully saturated rings. The summed E-state index contributed by atoms with van der Waals surface area (Å²) in [6.07, 6.45) is 2.36. The van der Waals surface area contributed by atoms with Crippen LogP contribution < -0.4 is 10.1 Å².